The maximum absolute atomic E-state index is 12.2. The molecule has 0 spiro atoms. The lowest BCUT2D eigenvalue weighted by Crippen LogP contribution is -2.16. The van der Waals surface area contributed by atoms with Gasteiger partial charge >= 0.3 is 5.97 Å². The summed E-state index contributed by atoms with van der Waals surface area (Å²) in [6, 6.07) is 9.83. The van der Waals surface area contributed by atoms with Gasteiger partial charge in [0.05, 0.1) is 25.5 Å². The summed E-state index contributed by atoms with van der Waals surface area (Å²) in [6.45, 7) is 2.00. The highest BCUT2D eigenvalue weighted by Crippen LogP contribution is 2.29. The van der Waals surface area contributed by atoms with Crippen molar-refractivity contribution in [3.63, 3.8) is 0 Å². The van der Waals surface area contributed by atoms with Crippen molar-refractivity contribution < 1.29 is 19.0 Å². The van der Waals surface area contributed by atoms with Gasteiger partial charge < -0.3 is 14.2 Å². The van der Waals surface area contributed by atoms with Crippen molar-refractivity contribution in [1.82, 2.24) is 9.38 Å². The Hall–Kier alpha value is -3.35. The molecule has 0 radical (unpaired) electrons. The molecule has 134 valence electrons. The number of hydrogen-bond donors (Lipinski definition) is 0. The Balaban J connectivity index is 1.85. The molecular formula is C19H18N2O5. The fraction of sp³-hybridized carbons (Fsp3) is 0.211. The molecule has 0 atom stereocenters. The van der Waals surface area contributed by atoms with E-state index in [2.05, 4.69) is 9.72 Å². The van der Waals surface area contributed by atoms with Gasteiger partial charge in [0.15, 0.2) is 11.5 Å². The number of ether oxygens (including phenoxy) is 3. The Labute approximate surface area is 149 Å². The molecule has 26 heavy (non-hydrogen) atoms. The number of fused-ring (bicyclic) bond motifs is 1. The number of esters is 1. The van der Waals surface area contributed by atoms with Crippen LogP contribution in [0.4, 0.5) is 0 Å². The summed E-state index contributed by atoms with van der Waals surface area (Å²) < 4.78 is 17.2. The van der Waals surface area contributed by atoms with Crippen molar-refractivity contribution in [3.8, 4) is 11.5 Å². The largest absolute Gasteiger partial charge is 0.493 e. The van der Waals surface area contributed by atoms with Crippen LogP contribution in [0.3, 0.4) is 0 Å². The molecule has 0 fully saturated rings. The van der Waals surface area contributed by atoms with E-state index in [0.29, 0.717) is 28.4 Å². The number of carbonyl (C=O) groups is 1. The summed E-state index contributed by atoms with van der Waals surface area (Å²) in [4.78, 5) is 28.3. The maximum Gasteiger partial charge on any atom is 0.337 e. The monoisotopic (exact) mass is 354 g/mol. The first kappa shape index (κ1) is 17.5. The van der Waals surface area contributed by atoms with Crippen molar-refractivity contribution >= 4 is 11.6 Å². The minimum Gasteiger partial charge on any atom is -0.493 e. The summed E-state index contributed by atoms with van der Waals surface area (Å²) in [6.07, 6.45) is 1.74. The molecule has 3 aromatic rings. The molecule has 0 unspecified atom stereocenters. The lowest BCUT2D eigenvalue weighted by Gasteiger charge is -2.12. The molecule has 7 heteroatoms. The average Bonchev–Trinajstić information content (AvgIpc) is 2.66. The molecule has 0 amide bonds. The number of aromatic nitrogens is 2. The zero-order valence-corrected chi connectivity index (χ0v) is 14.7. The number of pyridine rings is 1. The maximum atomic E-state index is 12.2. The second kappa shape index (κ2) is 7.26. The number of aryl methyl sites for hydroxylation is 1. The van der Waals surface area contributed by atoms with E-state index in [0.717, 1.165) is 5.56 Å². The van der Waals surface area contributed by atoms with Crippen LogP contribution in [0.2, 0.25) is 0 Å². The Morgan fingerprint density at radius 1 is 1.12 bits per heavy atom. The van der Waals surface area contributed by atoms with E-state index in [-0.39, 0.29) is 12.2 Å². The first-order chi connectivity index (χ1) is 12.5. The van der Waals surface area contributed by atoms with Crippen LogP contribution < -0.4 is 15.0 Å². The Bertz CT molecular complexity index is 1030. The molecule has 0 aliphatic rings. The fourth-order valence-corrected chi connectivity index (χ4v) is 2.52. The molecule has 0 saturated carbocycles. The van der Waals surface area contributed by atoms with E-state index >= 15 is 0 Å². The lowest BCUT2D eigenvalue weighted by molar-refractivity contribution is 0.0600. The second-order valence-electron chi connectivity index (χ2n) is 5.67. The minimum atomic E-state index is -0.464. The van der Waals surface area contributed by atoms with Gasteiger partial charge in [0.2, 0.25) is 0 Å². The molecule has 0 saturated heterocycles. The van der Waals surface area contributed by atoms with Gasteiger partial charge in [-0.2, -0.15) is 0 Å². The molecule has 0 bridgehead atoms. The molecule has 0 N–H and O–H groups in total. The van der Waals surface area contributed by atoms with Crippen molar-refractivity contribution in [3.05, 3.63) is 69.8 Å². The van der Waals surface area contributed by atoms with Crippen LogP contribution in [0.1, 0.15) is 21.6 Å². The molecular weight excluding hydrogens is 336 g/mol. The number of hydrogen-bond acceptors (Lipinski definition) is 6. The van der Waals surface area contributed by atoms with E-state index < -0.39 is 5.97 Å². The van der Waals surface area contributed by atoms with E-state index in [1.807, 2.05) is 13.0 Å². The number of carbonyl (C=O) groups excluding carboxylic acids is 1. The highest BCUT2D eigenvalue weighted by molar-refractivity contribution is 5.90. The van der Waals surface area contributed by atoms with E-state index in [1.54, 1.807) is 24.4 Å². The summed E-state index contributed by atoms with van der Waals surface area (Å²) >= 11 is 0. The van der Waals surface area contributed by atoms with Crippen molar-refractivity contribution in [2.75, 3.05) is 14.2 Å². The van der Waals surface area contributed by atoms with Crippen LogP contribution in [0.25, 0.3) is 5.65 Å². The quantitative estimate of drug-likeness (QED) is 0.655. The van der Waals surface area contributed by atoms with Crippen molar-refractivity contribution in [2.24, 2.45) is 0 Å². The molecule has 3 rings (SSSR count). The van der Waals surface area contributed by atoms with Crippen LogP contribution in [0, 0.1) is 6.92 Å². The summed E-state index contributed by atoms with van der Waals surface area (Å²) in [5.74, 6) is 0.362. The van der Waals surface area contributed by atoms with E-state index in [1.165, 1.54) is 30.8 Å². The van der Waals surface area contributed by atoms with Gasteiger partial charge in [-0.15, -0.1) is 0 Å². The highest BCUT2D eigenvalue weighted by Gasteiger charge is 2.12. The lowest BCUT2D eigenvalue weighted by atomic mass is 10.2. The molecule has 2 aromatic heterocycles. The predicted octanol–water partition coefficient (Wildman–Crippen LogP) is 2.38. The molecule has 0 aliphatic carbocycles. The topological polar surface area (TPSA) is 79.1 Å². The average molecular weight is 354 g/mol. The third-order valence-electron chi connectivity index (χ3n) is 3.82. The highest BCUT2D eigenvalue weighted by atomic mass is 16.5. The first-order valence-electron chi connectivity index (χ1n) is 7.90. The van der Waals surface area contributed by atoms with Crippen LogP contribution in [-0.4, -0.2) is 29.6 Å². The summed E-state index contributed by atoms with van der Waals surface area (Å²) in [7, 11) is 2.79. The van der Waals surface area contributed by atoms with Crippen LogP contribution in [0.5, 0.6) is 11.5 Å². The number of methoxy groups -OCH3 is 2. The second-order valence-corrected chi connectivity index (χ2v) is 5.67. The molecule has 7 nitrogen and oxygen atoms in total. The fourth-order valence-electron chi connectivity index (χ4n) is 2.52. The van der Waals surface area contributed by atoms with Gasteiger partial charge in [0.25, 0.3) is 5.56 Å². The van der Waals surface area contributed by atoms with E-state index in [4.69, 9.17) is 9.47 Å². The Kier molecular flexibility index (Phi) is 4.88. The predicted molar refractivity (Wildman–Crippen MR) is 94.9 cm³/mol. The van der Waals surface area contributed by atoms with Gasteiger partial charge in [-0.3, -0.25) is 9.20 Å². The molecule has 0 aliphatic heterocycles. The third-order valence-corrected chi connectivity index (χ3v) is 3.82. The van der Waals surface area contributed by atoms with E-state index in [9.17, 15) is 9.59 Å². The number of benzene rings is 1. The van der Waals surface area contributed by atoms with Crippen molar-refractivity contribution in [2.45, 2.75) is 13.5 Å². The van der Waals surface area contributed by atoms with Crippen molar-refractivity contribution in [1.29, 1.82) is 0 Å². The molecule has 2 heterocycles. The van der Waals surface area contributed by atoms with Gasteiger partial charge in [0.1, 0.15) is 12.3 Å². The van der Waals surface area contributed by atoms with Crippen LogP contribution in [0.15, 0.2) is 47.4 Å². The summed E-state index contributed by atoms with van der Waals surface area (Å²) in [5, 5.41) is 0. The summed E-state index contributed by atoms with van der Waals surface area (Å²) in [5.41, 5.74) is 2.20. The zero-order chi connectivity index (χ0) is 18.7. The van der Waals surface area contributed by atoms with Gasteiger partial charge in [-0.25, -0.2) is 9.78 Å². The number of rotatable bonds is 5. The standard InChI is InChI=1S/C19H18N2O5/c1-12-4-7-17-20-14(9-18(22)21(17)10-12)11-26-15-6-5-13(19(23)25-3)8-16(15)24-2/h4-10H,11H2,1-3H3. The first-order valence-corrected chi connectivity index (χ1v) is 7.90. The number of nitrogens with zero attached hydrogens (tertiary/aromatic N) is 2. The van der Waals surface area contributed by atoms with Gasteiger partial charge in [-0.1, -0.05) is 6.07 Å². The third kappa shape index (κ3) is 3.51. The zero-order valence-electron chi connectivity index (χ0n) is 14.7. The van der Waals surface area contributed by atoms with Gasteiger partial charge in [0, 0.05) is 12.3 Å². The van der Waals surface area contributed by atoms with Crippen LogP contribution >= 0.6 is 0 Å². The van der Waals surface area contributed by atoms with Crippen LogP contribution in [-0.2, 0) is 11.3 Å². The molecule has 1 aromatic carbocycles. The normalized spacial score (nSPS) is 10.6. The van der Waals surface area contributed by atoms with Gasteiger partial charge in [-0.05, 0) is 36.8 Å². The minimum absolute atomic E-state index is 0.0908. The smallest absolute Gasteiger partial charge is 0.337 e. The Morgan fingerprint density at radius 2 is 1.92 bits per heavy atom. The SMILES string of the molecule is COC(=O)c1ccc(OCc2cc(=O)n3cc(C)ccc3n2)c(OC)c1. The Morgan fingerprint density at radius 3 is 2.65 bits per heavy atom.